The van der Waals surface area contributed by atoms with Gasteiger partial charge in [0.2, 0.25) is 5.91 Å². The van der Waals surface area contributed by atoms with Gasteiger partial charge in [-0.15, -0.1) is 0 Å². The summed E-state index contributed by atoms with van der Waals surface area (Å²) in [5, 5.41) is 11.4. The number of carbonyl (C=O) groups is 1. The van der Waals surface area contributed by atoms with Gasteiger partial charge in [0.05, 0.1) is 28.5 Å². The number of anilines is 3. The smallest absolute Gasteiger partial charge is 0.248 e. The van der Waals surface area contributed by atoms with Crippen LogP contribution in [0, 0.1) is 0 Å². The summed E-state index contributed by atoms with van der Waals surface area (Å²) in [6.45, 7) is 5.17. The number of nitrogen functional groups attached to an aromatic ring is 1. The van der Waals surface area contributed by atoms with Crippen molar-refractivity contribution in [1.29, 1.82) is 0 Å². The summed E-state index contributed by atoms with van der Waals surface area (Å²) in [6.07, 6.45) is 5.26. The second kappa shape index (κ2) is 11.8. The SMILES string of the molecule is CN1CCN(C/C=C/C(=O)Nc2cc(N)c(OCc3c(-c4ccn[nH]4)c4ccccc4n3C)cc2N(C)C)CC1. The van der Waals surface area contributed by atoms with E-state index in [0.717, 1.165) is 66.3 Å². The van der Waals surface area contributed by atoms with Crippen molar-refractivity contribution in [2.24, 2.45) is 7.05 Å². The molecule has 5 rings (SSSR count). The van der Waals surface area contributed by atoms with E-state index in [1.165, 1.54) is 0 Å². The Kier molecular flexibility index (Phi) is 8.09. The molecule has 4 aromatic rings. The first-order chi connectivity index (χ1) is 19.3. The van der Waals surface area contributed by atoms with Crippen molar-refractivity contribution >= 4 is 33.9 Å². The second-order valence-electron chi connectivity index (χ2n) is 10.5. The van der Waals surface area contributed by atoms with E-state index in [-0.39, 0.29) is 5.91 Å². The first-order valence-corrected chi connectivity index (χ1v) is 13.5. The molecule has 1 fully saturated rings. The fraction of sp³-hybridized carbons (Fsp3) is 0.333. The van der Waals surface area contributed by atoms with Crippen molar-refractivity contribution in [3.63, 3.8) is 0 Å². The van der Waals surface area contributed by atoms with Crippen molar-refractivity contribution in [3.8, 4) is 17.0 Å². The maximum Gasteiger partial charge on any atom is 0.248 e. The lowest BCUT2D eigenvalue weighted by Crippen LogP contribution is -2.44. The fourth-order valence-electron chi connectivity index (χ4n) is 5.15. The molecule has 40 heavy (non-hydrogen) atoms. The maximum absolute atomic E-state index is 12.7. The number of nitrogens with zero attached hydrogens (tertiary/aromatic N) is 5. The van der Waals surface area contributed by atoms with Crippen LogP contribution in [0.2, 0.25) is 0 Å². The lowest BCUT2D eigenvalue weighted by molar-refractivity contribution is -0.111. The van der Waals surface area contributed by atoms with Gasteiger partial charge < -0.3 is 30.2 Å². The molecule has 1 aliphatic heterocycles. The van der Waals surface area contributed by atoms with E-state index < -0.39 is 0 Å². The molecule has 1 saturated heterocycles. The highest BCUT2D eigenvalue weighted by molar-refractivity contribution is 6.02. The number of H-pyrrole nitrogens is 1. The van der Waals surface area contributed by atoms with Crippen LogP contribution in [0.5, 0.6) is 5.75 Å². The van der Waals surface area contributed by atoms with Gasteiger partial charge in [0, 0.05) is 88.7 Å². The normalized spacial score (nSPS) is 14.7. The number of fused-ring (bicyclic) bond motifs is 1. The second-order valence-corrected chi connectivity index (χ2v) is 10.5. The molecule has 0 bridgehead atoms. The Morgan fingerprint density at radius 3 is 2.65 bits per heavy atom. The summed E-state index contributed by atoms with van der Waals surface area (Å²) in [5.41, 5.74) is 12.4. The lowest BCUT2D eigenvalue weighted by atomic mass is 10.1. The number of aromatic nitrogens is 3. The third kappa shape index (κ3) is 5.83. The number of ether oxygens (including phenoxy) is 1. The molecular weight excluding hydrogens is 504 g/mol. The Balaban J connectivity index is 1.33. The number of likely N-dealkylation sites (N-methyl/N-ethyl adjacent to an activating group) is 1. The van der Waals surface area contributed by atoms with Gasteiger partial charge in [-0.2, -0.15) is 5.10 Å². The van der Waals surface area contributed by atoms with E-state index in [4.69, 9.17) is 10.5 Å². The van der Waals surface area contributed by atoms with E-state index in [0.29, 0.717) is 23.7 Å². The molecule has 0 radical (unpaired) electrons. The van der Waals surface area contributed by atoms with Crippen molar-refractivity contribution in [2.75, 3.05) is 69.8 Å². The number of benzene rings is 2. The zero-order valence-electron chi connectivity index (χ0n) is 23.6. The Hall–Kier alpha value is -4.28. The number of carbonyl (C=O) groups excluding carboxylic acids is 1. The predicted octanol–water partition coefficient (Wildman–Crippen LogP) is 3.54. The highest BCUT2D eigenvalue weighted by Crippen LogP contribution is 2.37. The minimum absolute atomic E-state index is 0.190. The molecule has 0 spiro atoms. The molecule has 10 nitrogen and oxygen atoms in total. The van der Waals surface area contributed by atoms with Crippen LogP contribution in [0.1, 0.15) is 5.69 Å². The number of nitrogens with one attached hydrogen (secondary N) is 2. The molecule has 0 saturated carbocycles. The number of hydrogen-bond donors (Lipinski definition) is 3. The van der Waals surface area contributed by atoms with Crippen molar-refractivity contribution < 1.29 is 9.53 Å². The number of rotatable bonds is 9. The van der Waals surface area contributed by atoms with Gasteiger partial charge in [0.25, 0.3) is 0 Å². The first-order valence-electron chi connectivity index (χ1n) is 13.5. The number of amides is 1. The molecule has 3 heterocycles. The number of aryl methyl sites for hydroxylation is 1. The summed E-state index contributed by atoms with van der Waals surface area (Å²) in [4.78, 5) is 19.3. The van der Waals surface area contributed by atoms with Crippen LogP contribution in [0.4, 0.5) is 17.1 Å². The minimum atomic E-state index is -0.190. The average Bonchev–Trinajstić information content (AvgIpc) is 3.56. The van der Waals surface area contributed by atoms with Crippen LogP contribution in [0.3, 0.4) is 0 Å². The topological polar surface area (TPSA) is 108 Å². The highest BCUT2D eigenvalue weighted by Gasteiger charge is 2.19. The monoisotopic (exact) mass is 542 g/mol. The van der Waals surface area contributed by atoms with Gasteiger partial charge in [-0.25, -0.2) is 0 Å². The molecular formula is C30H38N8O2. The van der Waals surface area contributed by atoms with Crippen LogP contribution in [-0.4, -0.2) is 84.3 Å². The summed E-state index contributed by atoms with van der Waals surface area (Å²) in [6, 6.07) is 13.8. The highest BCUT2D eigenvalue weighted by atomic mass is 16.5. The molecule has 210 valence electrons. The number of para-hydroxylation sites is 1. The number of nitrogens with two attached hydrogens (primary N) is 1. The molecule has 0 aliphatic carbocycles. The van der Waals surface area contributed by atoms with E-state index in [9.17, 15) is 4.79 Å². The Morgan fingerprint density at radius 2 is 1.93 bits per heavy atom. The van der Waals surface area contributed by atoms with Gasteiger partial charge >= 0.3 is 0 Å². The van der Waals surface area contributed by atoms with Crippen LogP contribution >= 0.6 is 0 Å². The van der Waals surface area contributed by atoms with Gasteiger partial charge in [-0.05, 0) is 25.2 Å². The lowest BCUT2D eigenvalue weighted by Gasteiger charge is -2.31. The van der Waals surface area contributed by atoms with Crippen molar-refractivity contribution in [2.45, 2.75) is 6.61 Å². The molecule has 2 aromatic heterocycles. The average molecular weight is 543 g/mol. The van der Waals surface area contributed by atoms with Gasteiger partial charge in [0.1, 0.15) is 12.4 Å². The van der Waals surface area contributed by atoms with E-state index in [1.54, 1.807) is 18.3 Å². The molecule has 0 atom stereocenters. The molecule has 1 amide bonds. The Morgan fingerprint density at radius 1 is 1.15 bits per heavy atom. The number of aromatic amines is 1. The molecule has 10 heteroatoms. The summed E-state index contributed by atoms with van der Waals surface area (Å²) < 4.78 is 8.46. The minimum Gasteiger partial charge on any atom is -0.485 e. The standard InChI is InChI=1S/C30H38N8O2/c1-35(2)26-19-28(22(31)18-24(26)33-29(39)10-7-13-38-16-14-36(3)15-17-38)40-20-27-30(23-11-12-32-34-23)21-8-5-6-9-25(21)37(27)4/h5-12,18-19H,13-17,20,31H2,1-4H3,(H,32,34)(H,33,39)/b10-7+. The number of hydrogen-bond acceptors (Lipinski definition) is 7. The third-order valence-electron chi connectivity index (χ3n) is 7.46. The van der Waals surface area contributed by atoms with Gasteiger partial charge in [0.15, 0.2) is 0 Å². The summed E-state index contributed by atoms with van der Waals surface area (Å²) in [5.74, 6) is 0.359. The fourth-order valence-corrected chi connectivity index (χ4v) is 5.15. The van der Waals surface area contributed by atoms with Crippen LogP contribution < -0.4 is 20.7 Å². The van der Waals surface area contributed by atoms with E-state index >= 15 is 0 Å². The molecule has 1 aliphatic rings. The summed E-state index contributed by atoms with van der Waals surface area (Å²) >= 11 is 0. The zero-order valence-corrected chi connectivity index (χ0v) is 23.6. The van der Waals surface area contributed by atoms with Gasteiger partial charge in [-0.1, -0.05) is 24.3 Å². The van der Waals surface area contributed by atoms with E-state index in [2.05, 4.69) is 49.1 Å². The van der Waals surface area contributed by atoms with Crippen molar-refractivity contribution in [1.82, 2.24) is 24.6 Å². The summed E-state index contributed by atoms with van der Waals surface area (Å²) in [7, 11) is 8.02. The molecule has 2 aromatic carbocycles. The first kappa shape index (κ1) is 27.3. The molecule has 0 unspecified atom stereocenters. The van der Waals surface area contributed by atoms with Crippen LogP contribution in [-0.2, 0) is 18.4 Å². The largest absolute Gasteiger partial charge is 0.485 e. The van der Waals surface area contributed by atoms with Gasteiger partial charge in [-0.3, -0.25) is 14.8 Å². The third-order valence-corrected chi connectivity index (χ3v) is 7.46. The quantitative estimate of drug-likeness (QED) is 0.219. The Bertz CT molecular complexity index is 1500. The Labute approximate surface area is 235 Å². The van der Waals surface area contributed by atoms with E-state index in [1.807, 2.05) is 56.4 Å². The van der Waals surface area contributed by atoms with Crippen LogP contribution in [0.15, 0.2) is 60.8 Å². The zero-order chi connectivity index (χ0) is 28.2. The number of piperazine rings is 1. The van der Waals surface area contributed by atoms with Crippen LogP contribution in [0.25, 0.3) is 22.2 Å². The predicted molar refractivity (Wildman–Crippen MR) is 162 cm³/mol. The molecule has 4 N–H and O–H groups in total. The maximum atomic E-state index is 12.7. The van der Waals surface area contributed by atoms with Crippen molar-refractivity contribution in [3.05, 3.63) is 66.5 Å².